The Morgan fingerprint density at radius 3 is 2.39 bits per heavy atom. The van der Waals surface area contributed by atoms with Crippen LogP contribution < -0.4 is 5.32 Å². The lowest BCUT2D eigenvalue weighted by molar-refractivity contribution is 0.495. The van der Waals surface area contributed by atoms with Crippen molar-refractivity contribution in [1.29, 1.82) is 0 Å². The molecule has 0 radical (unpaired) electrons. The van der Waals surface area contributed by atoms with Crippen molar-refractivity contribution in [2.45, 2.75) is 25.9 Å². The van der Waals surface area contributed by atoms with E-state index in [-0.39, 0.29) is 12.1 Å². The van der Waals surface area contributed by atoms with Crippen molar-refractivity contribution in [1.82, 2.24) is 5.32 Å². The molecule has 0 fully saturated rings. The first-order valence-electron chi connectivity index (χ1n) is 5.81. The molecule has 1 nitrogen and oxygen atoms in total. The van der Waals surface area contributed by atoms with Crippen LogP contribution in [-0.4, -0.2) is 0 Å². The Morgan fingerprint density at radius 2 is 1.78 bits per heavy atom. The van der Waals surface area contributed by atoms with Gasteiger partial charge in [0.25, 0.3) is 0 Å². The van der Waals surface area contributed by atoms with E-state index in [2.05, 4.69) is 30.6 Å². The van der Waals surface area contributed by atoms with E-state index in [4.69, 9.17) is 23.2 Å². The standard InChI is InChI=1S/C14H15Cl2NS/c1-9(11-4-3-5-13(15)6-11)17-10(2)12-7-14(16)18-8-12/h3-10,17H,1-2H3/t9-,10?/m0/s1. The molecule has 1 N–H and O–H groups in total. The van der Waals surface area contributed by atoms with Crippen molar-refractivity contribution in [3.05, 3.63) is 56.2 Å². The minimum Gasteiger partial charge on any atom is -0.304 e. The van der Waals surface area contributed by atoms with E-state index in [9.17, 15) is 0 Å². The fourth-order valence-electron chi connectivity index (χ4n) is 1.89. The number of hydrogen-bond donors (Lipinski definition) is 1. The summed E-state index contributed by atoms with van der Waals surface area (Å²) in [5.41, 5.74) is 2.41. The summed E-state index contributed by atoms with van der Waals surface area (Å²) in [5.74, 6) is 0. The average Bonchev–Trinajstić information content (AvgIpc) is 2.76. The second-order valence-electron chi connectivity index (χ2n) is 4.35. The Labute approximate surface area is 122 Å². The van der Waals surface area contributed by atoms with Crippen LogP contribution in [0, 0.1) is 0 Å². The van der Waals surface area contributed by atoms with E-state index in [1.165, 1.54) is 11.1 Å². The molecule has 0 bridgehead atoms. The zero-order valence-corrected chi connectivity index (χ0v) is 12.6. The molecule has 0 saturated carbocycles. The molecule has 2 aromatic rings. The van der Waals surface area contributed by atoms with Gasteiger partial charge in [0.1, 0.15) is 0 Å². The predicted octanol–water partition coefficient (Wildman–Crippen LogP) is 5.47. The minimum absolute atomic E-state index is 0.248. The third-order valence-electron chi connectivity index (χ3n) is 2.94. The largest absolute Gasteiger partial charge is 0.304 e. The molecule has 2 rings (SSSR count). The van der Waals surface area contributed by atoms with Crippen LogP contribution in [-0.2, 0) is 0 Å². The van der Waals surface area contributed by atoms with Crippen molar-refractivity contribution >= 4 is 34.5 Å². The first-order chi connectivity index (χ1) is 8.56. The highest BCUT2D eigenvalue weighted by molar-refractivity contribution is 7.14. The van der Waals surface area contributed by atoms with Crippen LogP contribution in [0.4, 0.5) is 0 Å². The smallest absolute Gasteiger partial charge is 0.0931 e. The highest BCUT2D eigenvalue weighted by Gasteiger charge is 2.12. The first kappa shape index (κ1) is 13.9. The Balaban J connectivity index is 2.05. The topological polar surface area (TPSA) is 12.0 Å². The summed E-state index contributed by atoms with van der Waals surface area (Å²) >= 11 is 13.5. The van der Waals surface area contributed by atoms with Crippen molar-refractivity contribution in [2.75, 3.05) is 0 Å². The number of nitrogens with one attached hydrogen (secondary N) is 1. The molecule has 2 atom stereocenters. The van der Waals surface area contributed by atoms with Crippen LogP contribution in [0.15, 0.2) is 35.7 Å². The predicted molar refractivity (Wildman–Crippen MR) is 80.7 cm³/mol. The molecule has 0 aliphatic heterocycles. The molecule has 0 amide bonds. The SMILES string of the molecule is CC(N[C@@H](C)c1cccc(Cl)c1)c1csc(Cl)c1. The van der Waals surface area contributed by atoms with Gasteiger partial charge in [0.2, 0.25) is 0 Å². The minimum atomic E-state index is 0.248. The molecule has 1 unspecified atom stereocenters. The van der Waals surface area contributed by atoms with E-state index >= 15 is 0 Å². The third-order valence-corrected chi connectivity index (χ3v) is 4.28. The Kier molecular flexibility index (Phi) is 4.68. The van der Waals surface area contributed by atoms with Crippen LogP contribution in [0.3, 0.4) is 0 Å². The number of benzene rings is 1. The van der Waals surface area contributed by atoms with Crippen LogP contribution in [0.5, 0.6) is 0 Å². The van der Waals surface area contributed by atoms with Gasteiger partial charge in [-0.15, -0.1) is 11.3 Å². The van der Waals surface area contributed by atoms with Crippen molar-refractivity contribution in [3.8, 4) is 0 Å². The summed E-state index contributed by atoms with van der Waals surface area (Å²) < 4.78 is 0.828. The number of rotatable bonds is 4. The van der Waals surface area contributed by atoms with Crippen LogP contribution in [0.25, 0.3) is 0 Å². The van der Waals surface area contributed by atoms with Gasteiger partial charge in [0.05, 0.1) is 4.34 Å². The molecule has 0 saturated heterocycles. The van der Waals surface area contributed by atoms with Crippen molar-refractivity contribution < 1.29 is 0 Å². The average molecular weight is 300 g/mol. The fraction of sp³-hybridized carbons (Fsp3) is 0.286. The molecule has 18 heavy (non-hydrogen) atoms. The molecule has 0 spiro atoms. The van der Waals surface area contributed by atoms with Crippen LogP contribution in [0.2, 0.25) is 9.36 Å². The van der Waals surface area contributed by atoms with Gasteiger partial charge in [-0.25, -0.2) is 0 Å². The van der Waals surface area contributed by atoms with Crippen molar-refractivity contribution in [2.24, 2.45) is 0 Å². The molecule has 1 aromatic carbocycles. The van der Waals surface area contributed by atoms with Gasteiger partial charge < -0.3 is 5.32 Å². The zero-order chi connectivity index (χ0) is 13.1. The normalized spacial score (nSPS) is 14.4. The molecule has 4 heteroatoms. The summed E-state index contributed by atoms with van der Waals surface area (Å²) in [6.07, 6.45) is 0. The second kappa shape index (κ2) is 6.07. The quantitative estimate of drug-likeness (QED) is 0.789. The first-order valence-corrected chi connectivity index (χ1v) is 7.45. The Bertz CT molecular complexity index is 524. The lowest BCUT2D eigenvalue weighted by Gasteiger charge is -2.20. The monoisotopic (exact) mass is 299 g/mol. The third kappa shape index (κ3) is 3.48. The Hall–Kier alpha value is -0.540. The summed E-state index contributed by atoms with van der Waals surface area (Å²) in [5, 5.41) is 6.40. The van der Waals surface area contributed by atoms with E-state index in [1.54, 1.807) is 11.3 Å². The van der Waals surface area contributed by atoms with Crippen LogP contribution >= 0.6 is 34.5 Å². The maximum atomic E-state index is 6.00. The molecular weight excluding hydrogens is 285 g/mol. The summed E-state index contributed by atoms with van der Waals surface area (Å²) in [6.45, 7) is 4.27. The van der Waals surface area contributed by atoms with E-state index in [1.807, 2.05) is 24.3 Å². The van der Waals surface area contributed by atoms with Gasteiger partial charge in [-0.05, 0) is 48.6 Å². The molecule has 96 valence electrons. The Morgan fingerprint density at radius 1 is 1.06 bits per heavy atom. The van der Waals surface area contributed by atoms with Gasteiger partial charge in [0, 0.05) is 17.1 Å². The molecule has 0 aliphatic rings. The van der Waals surface area contributed by atoms with Gasteiger partial charge in [0.15, 0.2) is 0 Å². The van der Waals surface area contributed by atoms with E-state index in [0.29, 0.717) is 0 Å². The summed E-state index contributed by atoms with van der Waals surface area (Å²) in [4.78, 5) is 0. The molecule has 1 heterocycles. The number of halogens is 2. The highest BCUT2D eigenvalue weighted by Crippen LogP contribution is 2.27. The fourth-order valence-corrected chi connectivity index (χ4v) is 3.08. The lowest BCUT2D eigenvalue weighted by Crippen LogP contribution is -2.22. The molecule has 1 aromatic heterocycles. The molecule has 0 aliphatic carbocycles. The van der Waals surface area contributed by atoms with Gasteiger partial charge in [-0.1, -0.05) is 35.3 Å². The van der Waals surface area contributed by atoms with Crippen LogP contribution in [0.1, 0.15) is 37.1 Å². The van der Waals surface area contributed by atoms with E-state index < -0.39 is 0 Å². The number of hydrogen-bond acceptors (Lipinski definition) is 2. The zero-order valence-electron chi connectivity index (χ0n) is 10.3. The van der Waals surface area contributed by atoms with Gasteiger partial charge in [-0.2, -0.15) is 0 Å². The summed E-state index contributed by atoms with van der Waals surface area (Å²) in [6, 6.07) is 10.5. The summed E-state index contributed by atoms with van der Waals surface area (Å²) in [7, 11) is 0. The maximum Gasteiger partial charge on any atom is 0.0931 e. The van der Waals surface area contributed by atoms with Crippen molar-refractivity contribution in [3.63, 3.8) is 0 Å². The maximum absolute atomic E-state index is 6.00. The highest BCUT2D eigenvalue weighted by atomic mass is 35.5. The van der Waals surface area contributed by atoms with Gasteiger partial charge >= 0.3 is 0 Å². The second-order valence-corrected chi connectivity index (χ2v) is 6.33. The molecular formula is C14H15Cl2NS. The van der Waals surface area contributed by atoms with E-state index in [0.717, 1.165) is 9.36 Å². The lowest BCUT2D eigenvalue weighted by atomic mass is 10.1. The van der Waals surface area contributed by atoms with Gasteiger partial charge in [-0.3, -0.25) is 0 Å². The number of thiophene rings is 1.